The maximum Gasteiger partial charge on any atom is 0.269 e. The van der Waals surface area contributed by atoms with Gasteiger partial charge in [0.1, 0.15) is 0 Å². The number of rotatable bonds is 5. The van der Waals surface area contributed by atoms with Gasteiger partial charge in [-0.2, -0.15) is 0 Å². The summed E-state index contributed by atoms with van der Waals surface area (Å²) in [5, 5.41) is 19.6. The zero-order valence-electron chi connectivity index (χ0n) is 11.7. The van der Waals surface area contributed by atoms with Crippen LogP contribution < -0.4 is 5.56 Å². The van der Waals surface area contributed by atoms with Crippen LogP contribution in [0.15, 0.2) is 41.3 Å². The maximum absolute atomic E-state index is 12.4. The molecule has 2 aromatic rings. The molecule has 0 saturated carbocycles. The fourth-order valence-corrected chi connectivity index (χ4v) is 2.21. The third-order valence-corrected chi connectivity index (χ3v) is 3.28. The molecule has 0 aliphatic rings. The minimum Gasteiger partial charge on any atom is -0.396 e. The second kappa shape index (κ2) is 6.32. The normalized spacial score (nSPS) is 10.6. The van der Waals surface area contributed by atoms with Gasteiger partial charge in [0, 0.05) is 30.5 Å². The number of non-ortho nitro benzene ring substituents is 1. The summed E-state index contributed by atoms with van der Waals surface area (Å²) in [7, 11) is 0. The van der Waals surface area contributed by atoms with E-state index in [1.54, 1.807) is 31.3 Å². The van der Waals surface area contributed by atoms with E-state index in [-0.39, 0.29) is 17.9 Å². The lowest BCUT2D eigenvalue weighted by atomic mass is 10.1. The summed E-state index contributed by atoms with van der Waals surface area (Å²) < 4.78 is 1.48. The lowest BCUT2D eigenvalue weighted by Gasteiger charge is -2.10. The molecule has 6 heteroatoms. The van der Waals surface area contributed by atoms with Crippen molar-refractivity contribution in [2.24, 2.45) is 0 Å². The second-order valence-corrected chi connectivity index (χ2v) is 4.76. The molecule has 2 rings (SSSR count). The molecule has 0 amide bonds. The Morgan fingerprint density at radius 2 is 2.10 bits per heavy atom. The predicted molar refractivity (Wildman–Crippen MR) is 78.8 cm³/mol. The third kappa shape index (κ3) is 3.17. The number of hydrogen-bond donors (Lipinski definition) is 1. The molecule has 0 bridgehead atoms. The third-order valence-electron chi connectivity index (χ3n) is 3.28. The SMILES string of the molecule is Cc1cc([N+](=O)[O-])ccc1-n1cccc(CCCO)c1=O. The van der Waals surface area contributed by atoms with E-state index in [0.717, 1.165) is 0 Å². The van der Waals surface area contributed by atoms with Crippen molar-refractivity contribution in [2.45, 2.75) is 19.8 Å². The van der Waals surface area contributed by atoms with E-state index in [0.29, 0.717) is 29.7 Å². The first kappa shape index (κ1) is 14.9. The van der Waals surface area contributed by atoms with Crippen LogP contribution in [0.25, 0.3) is 5.69 Å². The highest BCUT2D eigenvalue weighted by molar-refractivity contribution is 5.48. The molecular weight excluding hydrogens is 272 g/mol. The van der Waals surface area contributed by atoms with Gasteiger partial charge in [-0.1, -0.05) is 6.07 Å². The van der Waals surface area contributed by atoms with Gasteiger partial charge in [0.15, 0.2) is 0 Å². The van der Waals surface area contributed by atoms with Crippen LogP contribution in [0.4, 0.5) is 5.69 Å². The molecule has 1 aromatic carbocycles. The van der Waals surface area contributed by atoms with Crippen molar-refractivity contribution < 1.29 is 10.0 Å². The lowest BCUT2D eigenvalue weighted by Crippen LogP contribution is -2.22. The number of aryl methyl sites for hydroxylation is 2. The van der Waals surface area contributed by atoms with E-state index in [1.807, 2.05) is 0 Å². The summed E-state index contributed by atoms with van der Waals surface area (Å²) in [5.41, 5.74) is 1.73. The van der Waals surface area contributed by atoms with E-state index < -0.39 is 4.92 Å². The average molecular weight is 288 g/mol. The van der Waals surface area contributed by atoms with Crippen molar-refractivity contribution in [3.63, 3.8) is 0 Å². The van der Waals surface area contributed by atoms with Crippen LogP contribution in [0.2, 0.25) is 0 Å². The first-order chi connectivity index (χ1) is 10.0. The second-order valence-electron chi connectivity index (χ2n) is 4.76. The average Bonchev–Trinajstić information content (AvgIpc) is 2.46. The van der Waals surface area contributed by atoms with Gasteiger partial charge in [-0.05, 0) is 37.5 Å². The Labute approximate surface area is 121 Å². The molecule has 0 saturated heterocycles. The summed E-state index contributed by atoms with van der Waals surface area (Å²) in [6, 6.07) is 7.90. The number of nitro groups is 1. The monoisotopic (exact) mass is 288 g/mol. The summed E-state index contributed by atoms with van der Waals surface area (Å²) in [6.45, 7) is 1.76. The summed E-state index contributed by atoms with van der Waals surface area (Å²) in [6.07, 6.45) is 2.67. The van der Waals surface area contributed by atoms with Gasteiger partial charge >= 0.3 is 0 Å². The topological polar surface area (TPSA) is 85.4 Å². The van der Waals surface area contributed by atoms with E-state index in [4.69, 9.17) is 5.11 Å². The van der Waals surface area contributed by atoms with Gasteiger partial charge in [0.05, 0.1) is 10.6 Å². The highest BCUT2D eigenvalue weighted by atomic mass is 16.6. The highest BCUT2D eigenvalue weighted by Gasteiger charge is 2.11. The first-order valence-corrected chi connectivity index (χ1v) is 6.61. The molecule has 0 aliphatic carbocycles. The number of aromatic nitrogens is 1. The van der Waals surface area contributed by atoms with Gasteiger partial charge in [0.2, 0.25) is 0 Å². The largest absolute Gasteiger partial charge is 0.396 e. The van der Waals surface area contributed by atoms with Crippen molar-refractivity contribution >= 4 is 5.69 Å². The molecule has 6 nitrogen and oxygen atoms in total. The molecule has 1 heterocycles. The molecule has 0 unspecified atom stereocenters. The van der Waals surface area contributed by atoms with Gasteiger partial charge in [0.25, 0.3) is 11.2 Å². The minimum absolute atomic E-state index is 0.000680. The number of nitrogens with zero attached hydrogens (tertiary/aromatic N) is 2. The fourth-order valence-electron chi connectivity index (χ4n) is 2.21. The number of benzene rings is 1. The predicted octanol–water partition coefficient (Wildman–Crippen LogP) is 1.98. The minimum atomic E-state index is -0.461. The van der Waals surface area contributed by atoms with E-state index >= 15 is 0 Å². The molecule has 0 aliphatic heterocycles. The molecule has 1 N–H and O–H groups in total. The zero-order valence-corrected chi connectivity index (χ0v) is 11.7. The summed E-state index contributed by atoms with van der Waals surface area (Å²) in [4.78, 5) is 22.7. The highest BCUT2D eigenvalue weighted by Crippen LogP contribution is 2.19. The quantitative estimate of drug-likeness (QED) is 0.673. The van der Waals surface area contributed by atoms with Crippen LogP contribution >= 0.6 is 0 Å². The Hall–Kier alpha value is -2.47. The van der Waals surface area contributed by atoms with Crippen molar-refractivity contribution in [1.29, 1.82) is 0 Å². The van der Waals surface area contributed by atoms with Gasteiger partial charge in [-0.25, -0.2) is 0 Å². The van der Waals surface area contributed by atoms with Crippen molar-refractivity contribution in [1.82, 2.24) is 4.57 Å². The van der Waals surface area contributed by atoms with E-state index in [2.05, 4.69) is 0 Å². The van der Waals surface area contributed by atoms with Gasteiger partial charge < -0.3 is 5.11 Å². The van der Waals surface area contributed by atoms with Gasteiger partial charge in [-0.3, -0.25) is 19.5 Å². The van der Waals surface area contributed by atoms with Crippen molar-refractivity contribution in [3.8, 4) is 5.69 Å². The summed E-state index contributed by atoms with van der Waals surface area (Å²) >= 11 is 0. The van der Waals surface area contributed by atoms with Crippen LogP contribution in [0, 0.1) is 17.0 Å². The first-order valence-electron chi connectivity index (χ1n) is 6.61. The Morgan fingerprint density at radius 1 is 1.33 bits per heavy atom. The van der Waals surface area contributed by atoms with Crippen LogP contribution in [0.3, 0.4) is 0 Å². The van der Waals surface area contributed by atoms with Gasteiger partial charge in [-0.15, -0.1) is 0 Å². The summed E-state index contributed by atoms with van der Waals surface area (Å²) in [5.74, 6) is 0. The number of nitro benzene ring substituents is 1. The lowest BCUT2D eigenvalue weighted by molar-refractivity contribution is -0.384. The fraction of sp³-hybridized carbons (Fsp3) is 0.267. The number of hydrogen-bond acceptors (Lipinski definition) is 4. The molecule has 1 aromatic heterocycles. The van der Waals surface area contributed by atoms with E-state index in [1.165, 1.54) is 16.7 Å². The Bertz CT molecular complexity index is 722. The van der Waals surface area contributed by atoms with Crippen LogP contribution in [-0.4, -0.2) is 21.2 Å². The molecule has 0 radical (unpaired) electrons. The number of aliphatic hydroxyl groups is 1. The number of aliphatic hydroxyl groups excluding tert-OH is 1. The Balaban J connectivity index is 2.47. The number of pyridine rings is 1. The van der Waals surface area contributed by atoms with Crippen LogP contribution in [0.1, 0.15) is 17.5 Å². The smallest absolute Gasteiger partial charge is 0.269 e. The molecule has 0 spiro atoms. The Kier molecular flexibility index (Phi) is 4.49. The van der Waals surface area contributed by atoms with E-state index in [9.17, 15) is 14.9 Å². The van der Waals surface area contributed by atoms with Crippen molar-refractivity contribution in [3.05, 3.63) is 68.1 Å². The van der Waals surface area contributed by atoms with Crippen molar-refractivity contribution in [2.75, 3.05) is 6.61 Å². The molecule has 21 heavy (non-hydrogen) atoms. The standard InChI is InChI=1S/C15H16N2O4/c1-11-10-13(17(20)21)6-7-14(11)16-8-2-4-12(15(16)19)5-3-9-18/h2,4,6-8,10,18H,3,5,9H2,1H3. The van der Waals surface area contributed by atoms with Crippen LogP contribution in [-0.2, 0) is 6.42 Å². The molecule has 0 fully saturated rings. The zero-order chi connectivity index (χ0) is 15.4. The maximum atomic E-state index is 12.4. The molecular formula is C15H16N2O4. The molecule has 0 atom stereocenters. The molecule has 110 valence electrons. The van der Waals surface area contributed by atoms with Crippen LogP contribution in [0.5, 0.6) is 0 Å². The Morgan fingerprint density at radius 3 is 2.71 bits per heavy atom.